The lowest BCUT2D eigenvalue weighted by Crippen LogP contribution is -2.40. The van der Waals surface area contributed by atoms with Crippen LogP contribution < -0.4 is 10.6 Å². The van der Waals surface area contributed by atoms with Gasteiger partial charge in [-0.05, 0) is 24.6 Å². The average Bonchev–Trinajstić information content (AvgIpc) is 2.66. The Morgan fingerprint density at radius 2 is 1.77 bits per heavy atom. The first-order valence-electron chi connectivity index (χ1n) is 8.52. The zero-order valence-corrected chi connectivity index (χ0v) is 18.5. The van der Waals surface area contributed by atoms with Crippen molar-refractivity contribution in [2.75, 3.05) is 32.5 Å². The molecule has 2 aromatic rings. The van der Waals surface area contributed by atoms with Crippen molar-refractivity contribution in [1.82, 2.24) is 10.6 Å². The van der Waals surface area contributed by atoms with Crippen molar-refractivity contribution in [3.63, 3.8) is 0 Å². The van der Waals surface area contributed by atoms with Crippen LogP contribution in [0.15, 0.2) is 64.5 Å². The largest absolute Gasteiger partial charge is 0.396 e. The van der Waals surface area contributed by atoms with Gasteiger partial charge in [-0.1, -0.05) is 48.0 Å². The molecule has 0 amide bonds. The Balaban J connectivity index is 0.00000338. The van der Waals surface area contributed by atoms with Gasteiger partial charge in [0.1, 0.15) is 0 Å². The number of nitrogens with one attached hydrogen (secondary N) is 2. The molecule has 0 radical (unpaired) electrons. The molecule has 1 unspecified atom stereocenters. The van der Waals surface area contributed by atoms with E-state index in [4.69, 9.17) is 0 Å². The van der Waals surface area contributed by atoms with E-state index in [9.17, 15) is 5.11 Å². The first-order valence-corrected chi connectivity index (χ1v) is 9.51. The number of benzene rings is 2. The van der Waals surface area contributed by atoms with Gasteiger partial charge in [0, 0.05) is 36.7 Å². The van der Waals surface area contributed by atoms with Crippen LogP contribution in [0.1, 0.15) is 17.0 Å². The maximum atomic E-state index is 9.62. The van der Waals surface area contributed by atoms with E-state index in [0.29, 0.717) is 6.54 Å². The van der Waals surface area contributed by atoms with Gasteiger partial charge in [-0.25, -0.2) is 0 Å². The third kappa shape index (κ3) is 7.97. The molecule has 0 aliphatic rings. The zero-order valence-electron chi connectivity index (χ0n) is 15.3. The lowest BCUT2D eigenvalue weighted by molar-refractivity contribution is 0.265. The number of aliphatic imine (C=N–C) groups is 1. The Kier molecular flexibility index (Phi) is 11.4. The molecule has 26 heavy (non-hydrogen) atoms. The van der Waals surface area contributed by atoms with Crippen LogP contribution in [0.2, 0.25) is 0 Å². The summed E-state index contributed by atoms with van der Waals surface area (Å²) in [5.41, 5.74) is 2.41. The van der Waals surface area contributed by atoms with Crippen molar-refractivity contribution >= 4 is 41.7 Å². The van der Waals surface area contributed by atoms with Crippen LogP contribution in [0.4, 0.5) is 0 Å². The molecule has 0 heterocycles. The second kappa shape index (κ2) is 13.0. The summed E-state index contributed by atoms with van der Waals surface area (Å²) in [5.74, 6) is 1.78. The van der Waals surface area contributed by atoms with Crippen molar-refractivity contribution in [2.45, 2.75) is 17.7 Å². The number of aliphatic hydroxyl groups excluding tert-OH is 1. The van der Waals surface area contributed by atoms with Gasteiger partial charge < -0.3 is 15.7 Å². The van der Waals surface area contributed by atoms with E-state index in [1.54, 1.807) is 7.05 Å². The molecule has 0 saturated heterocycles. The lowest BCUT2D eigenvalue weighted by Gasteiger charge is -2.18. The first-order chi connectivity index (χ1) is 12.2. The SMILES string of the molecule is CN=C(NCCSc1ccc(C)cc1)NCC(CO)c1ccccc1.I. The van der Waals surface area contributed by atoms with E-state index in [1.807, 2.05) is 42.1 Å². The van der Waals surface area contributed by atoms with Gasteiger partial charge in [0.25, 0.3) is 0 Å². The van der Waals surface area contributed by atoms with Gasteiger partial charge in [0.15, 0.2) is 5.96 Å². The minimum absolute atomic E-state index is 0. The molecular formula is C20H28IN3OS. The van der Waals surface area contributed by atoms with Gasteiger partial charge in [-0.15, -0.1) is 35.7 Å². The molecule has 0 fully saturated rings. The number of rotatable bonds is 8. The van der Waals surface area contributed by atoms with Crippen LogP contribution in [0.5, 0.6) is 0 Å². The van der Waals surface area contributed by atoms with Crippen molar-refractivity contribution in [3.8, 4) is 0 Å². The maximum absolute atomic E-state index is 9.62. The number of hydrogen-bond donors (Lipinski definition) is 3. The van der Waals surface area contributed by atoms with E-state index in [0.717, 1.165) is 23.8 Å². The molecule has 3 N–H and O–H groups in total. The third-order valence-corrected chi connectivity index (χ3v) is 4.93. The van der Waals surface area contributed by atoms with E-state index >= 15 is 0 Å². The monoisotopic (exact) mass is 485 g/mol. The summed E-state index contributed by atoms with van der Waals surface area (Å²) in [4.78, 5) is 5.53. The Morgan fingerprint density at radius 1 is 1.08 bits per heavy atom. The fourth-order valence-electron chi connectivity index (χ4n) is 2.43. The molecule has 0 aromatic heterocycles. The fourth-order valence-corrected chi connectivity index (χ4v) is 3.19. The Labute approximate surface area is 177 Å². The van der Waals surface area contributed by atoms with Crippen molar-refractivity contribution < 1.29 is 5.11 Å². The molecule has 6 heteroatoms. The average molecular weight is 485 g/mol. The quantitative estimate of drug-likeness (QED) is 0.176. The molecule has 4 nitrogen and oxygen atoms in total. The minimum atomic E-state index is 0. The van der Waals surface area contributed by atoms with Gasteiger partial charge in [-0.3, -0.25) is 4.99 Å². The standard InChI is InChI=1S/C20H27N3OS.HI/c1-16-8-10-19(11-9-16)25-13-12-22-20(21-2)23-14-18(15-24)17-6-4-3-5-7-17;/h3-11,18,24H,12-15H2,1-2H3,(H2,21,22,23);1H. The van der Waals surface area contributed by atoms with Crippen molar-refractivity contribution in [2.24, 2.45) is 4.99 Å². The molecule has 142 valence electrons. The van der Waals surface area contributed by atoms with Gasteiger partial charge in [0.05, 0.1) is 6.61 Å². The molecule has 2 rings (SSSR count). The van der Waals surface area contributed by atoms with Crippen molar-refractivity contribution in [3.05, 3.63) is 65.7 Å². The Morgan fingerprint density at radius 3 is 2.38 bits per heavy atom. The second-order valence-corrected chi connectivity index (χ2v) is 7.00. The zero-order chi connectivity index (χ0) is 17.9. The lowest BCUT2D eigenvalue weighted by atomic mass is 10.0. The molecule has 0 aliphatic heterocycles. The van der Waals surface area contributed by atoms with Crippen LogP contribution in [0.25, 0.3) is 0 Å². The Bertz CT molecular complexity index is 650. The normalized spacial score (nSPS) is 12.2. The third-order valence-electron chi connectivity index (χ3n) is 3.92. The highest BCUT2D eigenvalue weighted by molar-refractivity contribution is 14.0. The van der Waals surface area contributed by atoms with Crippen LogP contribution in [-0.2, 0) is 0 Å². The van der Waals surface area contributed by atoms with E-state index in [-0.39, 0.29) is 36.5 Å². The van der Waals surface area contributed by atoms with Crippen molar-refractivity contribution in [1.29, 1.82) is 0 Å². The molecular weight excluding hydrogens is 457 g/mol. The van der Waals surface area contributed by atoms with Crippen LogP contribution in [0.3, 0.4) is 0 Å². The summed E-state index contributed by atoms with van der Waals surface area (Å²) in [7, 11) is 1.76. The van der Waals surface area contributed by atoms with Gasteiger partial charge >= 0.3 is 0 Å². The Hall–Kier alpha value is -1.25. The molecule has 0 bridgehead atoms. The number of nitrogens with zero attached hydrogens (tertiary/aromatic N) is 1. The van der Waals surface area contributed by atoms with E-state index < -0.39 is 0 Å². The highest BCUT2D eigenvalue weighted by Crippen LogP contribution is 2.17. The van der Waals surface area contributed by atoms with Crippen LogP contribution >= 0.6 is 35.7 Å². The smallest absolute Gasteiger partial charge is 0.191 e. The predicted molar refractivity (Wildman–Crippen MR) is 123 cm³/mol. The number of guanidine groups is 1. The molecule has 1 atom stereocenters. The van der Waals surface area contributed by atoms with Crippen LogP contribution in [0, 0.1) is 6.92 Å². The van der Waals surface area contributed by atoms with Crippen LogP contribution in [-0.4, -0.2) is 43.6 Å². The van der Waals surface area contributed by atoms with E-state index in [1.165, 1.54) is 10.5 Å². The number of thioether (sulfide) groups is 1. The summed E-state index contributed by atoms with van der Waals surface area (Å²) in [5, 5.41) is 16.2. The molecule has 2 aromatic carbocycles. The summed E-state index contributed by atoms with van der Waals surface area (Å²) in [6.07, 6.45) is 0. The molecule has 0 saturated carbocycles. The molecule has 0 spiro atoms. The first kappa shape index (κ1) is 22.8. The summed E-state index contributed by atoms with van der Waals surface area (Å²) in [6, 6.07) is 18.6. The minimum Gasteiger partial charge on any atom is -0.396 e. The topological polar surface area (TPSA) is 56.7 Å². The summed E-state index contributed by atoms with van der Waals surface area (Å²) in [6.45, 7) is 3.68. The second-order valence-electron chi connectivity index (χ2n) is 5.83. The maximum Gasteiger partial charge on any atom is 0.191 e. The van der Waals surface area contributed by atoms with Gasteiger partial charge in [0.2, 0.25) is 0 Å². The highest BCUT2D eigenvalue weighted by atomic mass is 127. The number of hydrogen-bond acceptors (Lipinski definition) is 3. The number of aryl methyl sites for hydroxylation is 1. The van der Waals surface area contributed by atoms with Gasteiger partial charge in [-0.2, -0.15) is 0 Å². The fraction of sp³-hybridized carbons (Fsp3) is 0.350. The molecule has 0 aliphatic carbocycles. The number of halogens is 1. The number of aliphatic hydroxyl groups is 1. The van der Waals surface area contributed by atoms with E-state index in [2.05, 4.69) is 46.8 Å². The summed E-state index contributed by atoms with van der Waals surface area (Å²) >= 11 is 1.82. The predicted octanol–water partition coefficient (Wildman–Crippen LogP) is 3.65. The highest BCUT2D eigenvalue weighted by Gasteiger charge is 2.10. The summed E-state index contributed by atoms with van der Waals surface area (Å²) < 4.78 is 0.